The molecular formula is C14H16N4S2. The summed E-state index contributed by atoms with van der Waals surface area (Å²) in [4.78, 5) is 10.1. The second-order valence-electron chi connectivity index (χ2n) is 4.82. The zero-order valence-corrected chi connectivity index (χ0v) is 13.2. The predicted molar refractivity (Wildman–Crippen MR) is 87.7 cm³/mol. The number of aryl methyl sites for hydroxylation is 2. The molecule has 1 unspecified atom stereocenters. The summed E-state index contributed by atoms with van der Waals surface area (Å²) < 4.78 is 1.13. The smallest absolute Gasteiger partial charge is 0.115 e. The largest absolute Gasteiger partial charge is 0.397 e. The van der Waals surface area contributed by atoms with Crippen molar-refractivity contribution in [2.45, 2.75) is 26.8 Å². The minimum absolute atomic E-state index is 0.133. The Bertz CT molecular complexity index is 760. The van der Waals surface area contributed by atoms with Crippen molar-refractivity contribution in [2.24, 2.45) is 0 Å². The summed E-state index contributed by atoms with van der Waals surface area (Å²) in [6.07, 6.45) is 1.90. The zero-order chi connectivity index (χ0) is 14.3. The molecule has 1 aromatic carbocycles. The van der Waals surface area contributed by atoms with Crippen LogP contribution in [0, 0.1) is 13.8 Å². The first-order valence-corrected chi connectivity index (χ1v) is 8.02. The topological polar surface area (TPSA) is 63.8 Å². The summed E-state index contributed by atoms with van der Waals surface area (Å²) in [5.74, 6) is 0. The van der Waals surface area contributed by atoms with Crippen LogP contribution in [0.25, 0.3) is 10.2 Å². The third-order valence-corrected chi connectivity index (χ3v) is 5.08. The summed E-state index contributed by atoms with van der Waals surface area (Å²) in [5, 5.41) is 5.55. The number of fused-ring (bicyclic) bond motifs is 1. The minimum atomic E-state index is 0.133. The van der Waals surface area contributed by atoms with Gasteiger partial charge in [0.05, 0.1) is 32.6 Å². The highest BCUT2D eigenvalue weighted by molar-refractivity contribution is 7.18. The van der Waals surface area contributed by atoms with Crippen LogP contribution >= 0.6 is 22.7 Å². The van der Waals surface area contributed by atoms with Gasteiger partial charge in [0, 0.05) is 11.1 Å². The summed E-state index contributed by atoms with van der Waals surface area (Å²) in [7, 11) is 0. The van der Waals surface area contributed by atoms with E-state index in [1.165, 1.54) is 4.88 Å². The van der Waals surface area contributed by atoms with E-state index in [4.69, 9.17) is 5.73 Å². The number of benzene rings is 1. The Morgan fingerprint density at radius 1 is 1.25 bits per heavy atom. The Hall–Kier alpha value is -1.66. The first kappa shape index (κ1) is 13.3. The van der Waals surface area contributed by atoms with E-state index in [1.807, 2.05) is 25.3 Å². The highest BCUT2D eigenvalue weighted by Crippen LogP contribution is 2.32. The van der Waals surface area contributed by atoms with Crippen molar-refractivity contribution in [3.05, 3.63) is 33.2 Å². The van der Waals surface area contributed by atoms with Crippen molar-refractivity contribution in [2.75, 3.05) is 11.1 Å². The number of nitrogens with one attached hydrogen (secondary N) is 1. The molecule has 2 heterocycles. The summed E-state index contributed by atoms with van der Waals surface area (Å²) >= 11 is 3.37. The van der Waals surface area contributed by atoms with Gasteiger partial charge in [-0.15, -0.1) is 22.7 Å². The van der Waals surface area contributed by atoms with Crippen molar-refractivity contribution in [3.63, 3.8) is 0 Å². The van der Waals surface area contributed by atoms with E-state index in [9.17, 15) is 0 Å². The maximum absolute atomic E-state index is 6.13. The van der Waals surface area contributed by atoms with Gasteiger partial charge in [-0.3, -0.25) is 0 Å². The van der Waals surface area contributed by atoms with Crippen LogP contribution in [-0.4, -0.2) is 9.97 Å². The predicted octanol–water partition coefficient (Wildman–Crippen LogP) is 4.12. The lowest BCUT2D eigenvalue weighted by Gasteiger charge is -2.14. The van der Waals surface area contributed by atoms with Crippen LogP contribution in [0.15, 0.2) is 18.3 Å². The molecule has 0 bridgehead atoms. The molecule has 3 aromatic rings. The first-order valence-electron chi connectivity index (χ1n) is 6.38. The molecule has 0 aliphatic rings. The van der Waals surface area contributed by atoms with Gasteiger partial charge in [-0.1, -0.05) is 0 Å². The van der Waals surface area contributed by atoms with Crippen molar-refractivity contribution in [1.82, 2.24) is 9.97 Å². The quantitative estimate of drug-likeness (QED) is 0.714. The molecular weight excluding hydrogens is 288 g/mol. The van der Waals surface area contributed by atoms with Gasteiger partial charge in [0.1, 0.15) is 5.01 Å². The van der Waals surface area contributed by atoms with Gasteiger partial charge >= 0.3 is 0 Å². The van der Waals surface area contributed by atoms with Crippen LogP contribution in [0.4, 0.5) is 11.4 Å². The zero-order valence-electron chi connectivity index (χ0n) is 11.6. The number of nitrogens with two attached hydrogens (primary N) is 1. The molecule has 3 rings (SSSR count). The van der Waals surface area contributed by atoms with E-state index in [1.54, 1.807) is 22.7 Å². The van der Waals surface area contributed by atoms with Crippen molar-refractivity contribution < 1.29 is 0 Å². The van der Waals surface area contributed by atoms with E-state index < -0.39 is 0 Å². The highest BCUT2D eigenvalue weighted by Gasteiger charge is 2.12. The SMILES string of the molecule is Cc1cnc(C(C)Nc2cc3nc(C)sc3cc2N)s1. The summed E-state index contributed by atoms with van der Waals surface area (Å²) in [6, 6.07) is 4.14. The monoisotopic (exact) mass is 304 g/mol. The number of thiazole rings is 2. The van der Waals surface area contributed by atoms with Crippen molar-refractivity contribution in [1.29, 1.82) is 0 Å². The van der Waals surface area contributed by atoms with Crippen LogP contribution in [0.5, 0.6) is 0 Å². The maximum atomic E-state index is 6.13. The Kier molecular flexibility index (Phi) is 3.35. The molecule has 20 heavy (non-hydrogen) atoms. The van der Waals surface area contributed by atoms with E-state index in [-0.39, 0.29) is 6.04 Å². The standard InChI is InChI=1S/C14H16N4S2/c1-7-6-16-14(19-7)8(2)17-11-5-12-13(4-10(11)15)20-9(3)18-12/h4-6,8,17H,15H2,1-3H3. The van der Waals surface area contributed by atoms with Gasteiger partial charge < -0.3 is 11.1 Å². The summed E-state index contributed by atoms with van der Waals surface area (Å²) in [6.45, 7) is 6.16. The molecule has 0 fully saturated rings. The van der Waals surface area contributed by atoms with Gasteiger partial charge in [-0.05, 0) is 32.9 Å². The Balaban J connectivity index is 1.91. The molecule has 0 spiro atoms. The molecule has 0 aliphatic heterocycles. The number of rotatable bonds is 3. The molecule has 3 N–H and O–H groups in total. The van der Waals surface area contributed by atoms with E-state index >= 15 is 0 Å². The molecule has 0 saturated carbocycles. The maximum Gasteiger partial charge on any atom is 0.115 e. The fourth-order valence-electron chi connectivity index (χ4n) is 2.10. The fraction of sp³-hybridized carbons (Fsp3) is 0.286. The molecule has 4 nitrogen and oxygen atoms in total. The molecule has 104 valence electrons. The molecule has 0 aliphatic carbocycles. The number of anilines is 2. The van der Waals surface area contributed by atoms with E-state index in [2.05, 4.69) is 29.1 Å². The Morgan fingerprint density at radius 3 is 2.75 bits per heavy atom. The molecule has 1 atom stereocenters. The second-order valence-corrected chi connectivity index (χ2v) is 7.32. The molecule has 2 aromatic heterocycles. The van der Waals surface area contributed by atoms with Gasteiger partial charge in [0.25, 0.3) is 0 Å². The normalized spacial score (nSPS) is 12.8. The first-order chi connectivity index (χ1) is 9.52. The van der Waals surface area contributed by atoms with E-state index in [0.29, 0.717) is 0 Å². The van der Waals surface area contributed by atoms with Crippen LogP contribution < -0.4 is 11.1 Å². The third-order valence-electron chi connectivity index (χ3n) is 3.05. The average Bonchev–Trinajstić information content (AvgIpc) is 2.95. The van der Waals surface area contributed by atoms with Gasteiger partial charge in [-0.25, -0.2) is 9.97 Å². The summed E-state index contributed by atoms with van der Waals surface area (Å²) in [5.41, 5.74) is 8.79. The third kappa shape index (κ3) is 2.48. The highest BCUT2D eigenvalue weighted by atomic mass is 32.1. The van der Waals surface area contributed by atoms with E-state index in [0.717, 1.165) is 31.6 Å². The Morgan fingerprint density at radius 2 is 2.05 bits per heavy atom. The number of nitrogen functional groups attached to an aromatic ring is 1. The van der Waals surface area contributed by atoms with Gasteiger partial charge in [0.15, 0.2) is 0 Å². The minimum Gasteiger partial charge on any atom is -0.397 e. The van der Waals surface area contributed by atoms with Crippen LogP contribution in [0.2, 0.25) is 0 Å². The molecule has 6 heteroatoms. The number of aromatic nitrogens is 2. The van der Waals surface area contributed by atoms with Gasteiger partial charge in [-0.2, -0.15) is 0 Å². The van der Waals surface area contributed by atoms with Crippen LogP contribution in [0.3, 0.4) is 0 Å². The molecule has 0 radical (unpaired) electrons. The Labute approximate surface area is 125 Å². The second kappa shape index (κ2) is 5.03. The average molecular weight is 304 g/mol. The number of hydrogen-bond acceptors (Lipinski definition) is 6. The molecule has 0 amide bonds. The van der Waals surface area contributed by atoms with Gasteiger partial charge in [0.2, 0.25) is 0 Å². The van der Waals surface area contributed by atoms with Crippen LogP contribution in [-0.2, 0) is 0 Å². The lowest BCUT2D eigenvalue weighted by molar-refractivity contribution is 0.870. The lowest BCUT2D eigenvalue weighted by atomic mass is 10.2. The number of hydrogen-bond donors (Lipinski definition) is 2. The van der Waals surface area contributed by atoms with Crippen molar-refractivity contribution >= 4 is 44.3 Å². The molecule has 0 saturated heterocycles. The van der Waals surface area contributed by atoms with Crippen molar-refractivity contribution in [3.8, 4) is 0 Å². The number of nitrogens with zero attached hydrogens (tertiary/aromatic N) is 2. The fourth-order valence-corrected chi connectivity index (χ4v) is 3.73. The lowest BCUT2D eigenvalue weighted by Crippen LogP contribution is -2.08. The van der Waals surface area contributed by atoms with Crippen LogP contribution in [0.1, 0.15) is 27.9 Å².